The first-order valence-electron chi connectivity index (χ1n) is 8.20. The minimum Gasteiger partial charge on any atom is -0.309 e. The molecular weight excluding hydrogens is 312 g/mol. The van der Waals surface area contributed by atoms with Gasteiger partial charge in [-0.3, -0.25) is 9.48 Å². The van der Waals surface area contributed by atoms with E-state index in [4.69, 9.17) is 0 Å². The first kappa shape index (κ1) is 16.8. The molecule has 1 aliphatic rings. The van der Waals surface area contributed by atoms with E-state index >= 15 is 0 Å². The largest absolute Gasteiger partial charge is 0.309 e. The smallest absolute Gasteiger partial charge is 0.166 e. The van der Waals surface area contributed by atoms with Gasteiger partial charge in [-0.25, -0.2) is 8.78 Å². The number of nitrogens with zero attached hydrogens (tertiary/aromatic N) is 3. The van der Waals surface area contributed by atoms with Gasteiger partial charge < -0.3 is 4.90 Å². The predicted molar refractivity (Wildman–Crippen MR) is 88.0 cm³/mol. The van der Waals surface area contributed by atoms with Crippen LogP contribution < -0.4 is 0 Å². The lowest BCUT2D eigenvalue weighted by Gasteiger charge is -2.14. The lowest BCUT2D eigenvalue weighted by atomic mass is 9.92. The summed E-state index contributed by atoms with van der Waals surface area (Å²) in [5.74, 6) is -1.32. The molecule has 0 spiro atoms. The molecule has 6 heteroatoms. The Labute approximate surface area is 140 Å². The molecule has 0 saturated heterocycles. The molecule has 0 unspecified atom stereocenters. The van der Waals surface area contributed by atoms with Gasteiger partial charge in [0.1, 0.15) is 17.3 Å². The Hall–Kier alpha value is -2.08. The molecule has 1 aromatic heterocycles. The van der Waals surface area contributed by atoms with E-state index in [-0.39, 0.29) is 5.78 Å². The fraction of sp³-hybridized carbons (Fsp3) is 0.444. The summed E-state index contributed by atoms with van der Waals surface area (Å²) in [6, 6.07) is 3.29. The van der Waals surface area contributed by atoms with Crippen molar-refractivity contribution in [3.05, 3.63) is 41.1 Å². The van der Waals surface area contributed by atoms with E-state index in [1.807, 2.05) is 18.8 Å². The van der Waals surface area contributed by atoms with E-state index in [1.54, 1.807) is 0 Å². The zero-order chi connectivity index (χ0) is 17.3. The summed E-state index contributed by atoms with van der Waals surface area (Å²) in [4.78, 5) is 14.5. The van der Waals surface area contributed by atoms with Crippen molar-refractivity contribution >= 4 is 5.78 Å². The maximum atomic E-state index is 13.6. The van der Waals surface area contributed by atoms with Crippen molar-refractivity contribution in [3.63, 3.8) is 0 Å². The molecule has 0 radical (unpaired) electrons. The number of carbonyl (C=O) groups is 1. The highest BCUT2D eigenvalue weighted by Crippen LogP contribution is 2.32. The van der Waals surface area contributed by atoms with Crippen molar-refractivity contribution in [1.82, 2.24) is 14.7 Å². The zero-order valence-electron chi connectivity index (χ0n) is 14.0. The third-order valence-electron chi connectivity index (χ3n) is 4.27. The van der Waals surface area contributed by atoms with Crippen LogP contribution in [0.15, 0.2) is 18.2 Å². The Kier molecular flexibility index (Phi) is 4.76. The molecule has 1 aliphatic carbocycles. The standard InChI is InChI=1S/C18H21F2N3O/c1-22(2)7-4-8-23-15-5-3-6-16(24)17(15)18(21-23)12-9-13(19)11-14(20)10-12/h9-11H,3-8H2,1-2H3. The third-order valence-corrected chi connectivity index (χ3v) is 4.27. The third kappa shape index (κ3) is 3.38. The maximum absolute atomic E-state index is 13.6. The van der Waals surface area contributed by atoms with Crippen LogP contribution in [0.2, 0.25) is 0 Å². The van der Waals surface area contributed by atoms with Gasteiger partial charge in [-0.1, -0.05) is 0 Å². The highest BCUT2D eigenvalue weighted by molar-refractivity contribution is 6.03. The second-order valence-electron chi connectivity index (χ2n) is 6.49. The first-order valence-corrected chi connectivity index (χ1v) is 8.20. The normalized spacial score (nSPS) is 14.3. The second-order valence-corrected chi connectivity index (χ2v) is 6.49. The SMILES string of the molecule is CN(C)CCCn1nc(-c2cc(F)cc(F)c2)c2c1CCCC2=O. The van der Waals surface area contributed by atoms with Crippen molar-refractivity contribution in [1.29, 1.82) is 0 Å². The van der Waals surface area contributed by atoms with Crippen molar-refractivity contribution < 1.29 is 13.6 Å². The number of aryl methyl sites for hydroxylation is 1. The Morgan fingerprint density at radius 2 is 1.88 bits per heavy atom. The van der Waals surface area contributed by atoms with Crippen LogP contribution in [-0.4, -0.2) is 41.1 Å². The zero-order valence-corrected chi connectivity index (χ0v) is 14.0. The molecule has 0 amide bonds. The summed E-state index contributed by atoms with van der Waals surface area (Å²) < 4.78 is 29.0. The highest BCUT2D eigenvalue weighted by Gasteiger charge is 2.27. The van der Waals surface area contributed by atoms with E-state index < -0.39 is 11.6 Å². The average Bonchev–Trinajstić information content (AvgIpc) is 2.86. The van der Waals surface area contributed by atoms with Gasteiger partial charge in [0.2, 0.25) is 0 Å². The number of rotatable bonds is 5. The predicted octanol–water partition coefficient (Wildman–Crippen LogP) is 3.30. The van der Waals surface area contributed by atoms with Crippen molar-refractivity contribution in [3.8, 4) is 11.3 Å². The van der Waals surface area contributed by atoms with Crippen LogP contribution in [0.1, 0.15) is 35.3 Å². The Morgan fingerprint density at radius 3 is 2.54 bits per heavy atom. The fourth-order valence-electron chi connectivity index (χ4n) is 3.20. The van der Waals surface area contributed by atoms with Crippen molar-refractivity contribution in [2.24, 2.45) is 0 Å². The fourth-order valence-corrected chi connectivity index (χ4v) is 3.20. The number of benzene rings is 1. The molecule has 0 atom stereocenters. The Morgan fingerprint density at radius 1 is 1.17 bits per heavy atom. The van der Waals surface area contributed by atoms with E-state index in [0.29, 0.717) is 29.8 Å². The number of hydrogen-bond donors (Lipinski definition) is 0. The average molecular weight is 333 g/mol. The number of hydrogen-bond acceptors (Lipinski definition) is 3. The van der Waals surface area contributed by atoms with Gasteiger partial charge in [0, 0.05) is 30.3 Å². The maximum Gasteiger partial charge on any atom is 0.166 e. The Balaban J connectivity index is 2.02. The summed E-state index contributed by atoms with van der Waals surface area (Å²) in [6.07, 6.45) is 2.92. The minimum atomic E-state index is -0.663. The number of ketones is 1. The summed E-state index contributed by atoms with van der Waals surface area (Å²) in [5, 5.41) is 4.54. The number of halogens is 2. The monoisotopic (exact) mass is 333 g/mol. The molecule has 4 nitrogen and oxygen atoms in total. The van der Waals surface area contributed by atoms with Crippen LogP contribution in [0.4, 0.5) is 8.78 Å². The lowest BCUT2D eigenvalue weighted by molar-refractivity contribution is 0.0972. The summed E-state index contributed by atoms with van der Waals surface area (Å²) in [6.45, 7) is 1.60. The first-order chi connectivity index (χ1) is 11.5. The molecular formula is C18H21F2N3O. The van der Waals surface area contributed by atoms with Gasteiger partial charge in [-0.05, 0) is 52.0 Å². The molecule has 24 heavy (non-hydrogen) atoms. The number of carbonyl (C=O) groups excluding carboxylic acids is 1. The highest BCUT2D eigenvalue weighted by atomic mass is 19.1. The van der Waals surface area contributed by atoms with Crippen LogP contribution >= 0.6 is 0 Å². The lowest BCUT2D eigenvalue weighted by Crippen LogP contribution is -2.18. The second kappa shape index (κ2) is 6.81. The summed E-state index contributed by atoms with van der Waals surface area (Å²) >= 11 is 0. The van der Waals surface area contributed by atoms with E-state index in [0.717, 1.165) is 37.6 Å². The molecule has 0 saturated carbocycles. The minimum absolute atomic E-state index is 0.00905. The number of Topliss-reactive ketones (excluding diaryl/α,β-unsaturated/α-hetero) is 1. The molecule has 3 rings (SSSR count). The number of aromatic nitrogens is 2. The van der Waals surface area contributed by atoms with Gasteiger partial charge in [0.25, 0.3) is 0 Å². The van der Waals surface area contributed by atoms with Crippen LogP contribution in [0.3, 0.4) is 0 Å². The molecule has 2 aromatic rings. The van der Waals surface area contributed by atoms with E-state index in [2.05, 4.69) is 10.00 Å². The van der Waals surface area contributed by atoms with Gasteiger partial charge in [0.05, 0.1) is 5.56 Å². The van der Waals surface area contributed by atoms with Gasteiger partial charge in [-0.15, -0.1) is 0 Å². The van der Waals surface area contributed by atoms with Crippen molar-refractivity contribution in [2.75, 3.05) is 20.6 Å². The molecule has 1 aromatic carbocycles. The quantitative estimate of drug-likeness (QED) is 0.843. The van der Waals surface area contributed by atoms with Gasteiger partial charge >= 0.3 is 0 Å². The summed E-state index contributed by atoms with van der Waals surface area (Å²) in [7, 11) is 4.01. The van der Waals surface area contributed by atoms with Gasteiger partial charge in [0.15, 0.2) is 5.78 Å². The molecule has 0 fully saturated rings. The van der Waals surface area contributed by atoms with Crippen LogP contribution in [0.25, 0.3) is 11.3 Å². The van der Waals surface area contributed by atoms with E-state index in [9.17, 15) is 13.6 Å². The molecule has 0 aliphatic heterocycles. The van der Waals surface area contributed by atoms with Crippen LogP contribution in [-0.2, 0) is 13.0 Å². The Bertz CT molecular complexity index is 748. The van der Waals surface area contributed by atoms with Crippen molar-refractivity contribution in [2.45, 2.75) is 32.2 Å². The summed E-state index contributed by atoms with van der Waals surface area (Å²) in [5.41, 5.74) is 2.16. The topological polar surface area (TPSA) is 38.1 Å². The van der Waals surface area contributed by atoms with Crippen LogP contribution in [0, 0.1) is 11.6 Å². The molecule has 0 bridgehead atoms. The van der Waals surface area contributed by atoms with Crippen LogP contribution in [0.5, 0.6) is 0 Å². The number of fused-ring (bicyclic) bond motifs is 1. The van der Waals surface area contributed by atoms with Gasteiger partial charge in [-0.2, -0.15) is 5.10 Å². The molecule has 1 heterocycles. The van der Waals surface area contributed by atoms with E-state index in [1.165, 1.54) is 12.1 Å². The molecule has 0 N–H and O–H groups in total. The molecule has 128 valence electrons.